The number of carbonyl (C=O) groups is 1. The number of aromatic nitrogens is 2. The molecule has 3 aromatic rings. The van der Waals surface area contributed by atoms with Gasteiger partial charge in [-0.15, -0.1) is 0 Å². The number of ether oxygens (including phenoxy) is 1. The number of amides is 1. The van der Waals surface area contributed by atoms with Gasteiger partial charge in [0.1, 0.15) is 5.15 Å². The van der Waals surface area contributed by atoms with Gasteiger partial charge < -0.3 is 10.1 Å². The van der Waals surface area contributed by atoms with Gasteiger partial charge in [0.15, 0.2) is 9.84 Å². The second-order valence-electron chi connectivity index (χ2n) is 6.38. The van der Waals surface area contributed by atoms with Crippen molar-refractivity contribution in [3.8, 4) is 0 Å². The van der Waals surface area contributed by atoms with Gasteiger partial charge in [-0.2, -0.15) is 0 Å². The molecule has 0 atom stereocenters. The molecule has 0 aliphatic carbocycles. The van der Waals surface area contributed by atoms with Crippen molar-refractivity contribution in [3.05, 3.63) is 64.6 Å². The smallest absolute Gasteiger partial charge is 0.251 e. The molecule has 28 heavy (non-hydrogen) atoms. The van der Waals surface area contributed by atoms with Gasteiger partial charge in [-0.05, 0) is 35.9 Å². The van der Waals surface area contributed by atoms with E-state index in [-0.39, 0.29) is 41.9 Å². The summed E-state index contributed by atoms with van der Waals surface area (Å²) in [5.74, 6) is -0.481. The molecule has 0 radical (unpaired) electrons. The highest BCUT2D eigenvalue weighted by Gasteiger charge is 2.23. The van der Waals surface area contributed by atoms with Crippen LogP contribution < -0.4 is 5.32 Å². The van der Waals surface area contributed by atoms with E-state index in [0.717, 1.165) is 5.39 Å². The number of nitrogens with zero attached hydrogens (tertiary/aromatic N) is 2. The molecule has 2 aromatic heterocycles. The molecule has 4 rings (SSSR count). The normalized spacial score (nSPS) is 15.6. The van der Waals surface area contributed by atoms with Crippen LogP contribution in [0, 0.1) is 0 Å². The van der Waals surface area contributed by atoms with Gasteiger partial charge >= 0.3 is 0 Å². The van der Waals surface area contributed by atoms with E-state index >= 15 is 0 Å². The number of halogens is 1. The summed E-state index contributed by atoms with van der Waals surface area (Å²) < 4.78 is 30.0. The minimum atomic E-state index is -3.47. The predicted molar refractivity (Wildman–Crippen MR) is 104 cm³/mol. The van der Waals surface area contributed by atoms with Gasteiger partial charge in [-0.1, -0.05) is 17.7 Å². The zero-order valence-corrected chi connectivity index (χ0v) is 16.3. The van der Waals surface area contributed by atoms with Gasteiger partial charge in [-0.3, -0.25) is 9.78 Å². The molecule has 1 aliphatic rings. The van der Waals surface area contributed by atoms with Crippen LogP contribution in [0.3, 0.4) is 0 Å². The highest BCUT2D eigenvalue weighted by atomic mass is 35.5. The van der Waals surface area contributed by atoms with Gasteiger partial charge in [0, 0.05) is 17.1 Å². The molecule has 0 bridgehead atoms. The van der Waals surface area contributed by atoms with Gasteiger partial charge in [0.2, 0.25) is 0 Å². The van der Waals surface area contributed by atoms with Crippen molar-refractivity contribution in [2.45, 2.75) is 18.0 Å². The molecular formula is C19H16ClN3O4S. The first-order valence-corrected chi connectivity index (χ1v) is 10.6. The van der Waals surface area contributed by atoms with Gasteiger partial charge in [-0.25, -0.2) is 13.4 Å². The summed E-state index contributed by atoms with van der Waals surface area (Å²) >= 11 is 5.91. The van der Waals surface area contributed by atoms with Crippen molar-refractivity contribution in [2.75, 3.05) is 12.4 Å². The third-order valence-corrected chi connectivity index (χ3v) is 6.41. The fraction of sp³-hybridized carbons (Fsp3) is 0.211. The molecule has 144 valence electrons. The summed E-state index contributed by atoms with van der Waals surface area (Å²) in [7, 11) is -3.47. The number of fused-ring (bicyclic) bond motifs is 2. The second-order valence-corrected chi connectivity index (χ2v) is 8.84. The fourth-order valence-corrected chi connectivity index (χ4v) is 4.51. The van der Waals surface area contributed by atoms with Crippen LogP contribution in [-0.2, 0) is 27.7 Å². The molecule has 0 spiro atoms. The summed E-state index contributed by atoms with van der Waals surface area (Å²) in [6, 6.07) is 9.87. The lowest BCUT2D eigenvalue weighted by Crippen LogP contribution is -2.23. The van der Waals surface area contributed by atoms with E-state index in [2.05, 4.69) is 15.3 Å². The Balaban J connectivity index is 1.54. The molecule has 0 saturated heterocycles. The van der Waals surface area contributed by atoms with Crippen molar-refractivity contribution < 1.29 is 17.9 Å². The molecule has 9 heteroatoms. The van der Waals surface area contributed by atoms with E-state index in [1.807, 2.05) is 6.07 Å². The number of pyridine rings is 2. The number of hydrogen-bond acceptors (Lipinski definition) is 6. The highest BCUT2D eigenvalue weighted by molar-refractivity contribution is 7.91. The van der Waals surface area contributed by atoms with Crippen LogP contribution in [0.15, 0.2) is 47.5 Å². The van der Waals surface area contributed by atoms with Crippen LogP contribution in [0.5, 0.6) is 0 Å². The Bertz CT molecular complexity index is 1180. The molecule has 0 fully saturated rings. The average Bonchev–Trinajstić information content (AvgIpc) is 2.83. The monoisotopic (exact) mass is 417 g/mol. The molecular weight excluding hydrogens is 402 g/mol. The van der Waals surface area contributed by atoms with Crippen molar-refractivity contribution in [3.63, 3.8) is 0 Å². The Hall–Kier alpha value is -2.55. The number of carbonyl (C=O) groups excluding carboxylic acids is 1. The van der Waals surface area contributed by atoms with Crippen LogP contribution in [0.1, 0.15) is 21.6 Å². The Morgan fingerprint density at radius 1 is 1.21 bits per heavy atom. The van der Waals surface area contributed by atoms with Crippen molar-refractivity contribution in [1.29, 1.82) is 0 Å². The number of nitrogens with one attached hydrogen (secondary N) is 1. The molecule has 1 amide bonds. The first-order chi connectivity index (χ1) is 13.4. The third kappa shape index (κ3) is 3.84. The molecule has 0 unspecified atom stereocenters. The number of benzene rings is 1. The predicted octanol–water partition coefficient (Wildman–Crippen LogP) is 2.52. The fourth-order valence-electron chi connectivity index (χ4n) is 2.97. The van der Waals surface area contributed by atoms with E-state index < -0.39 is 9.84 Å². The summed E-state index contributed by atoms with van der Waals surface area (Å²) in [6.45, 7) is 0.535. The molecule has 3 heterocycles. The van der Waals surface area contributed by atoms with Gasteiger partial charge in [0.25, 0.3) is 5.91 Å². The zero-order valence-electron chi connectivity index (χ0n) is 14.7. The number of sulfone groups is 1. The van der Waals surface area contributed by atoms with E-state index in [9.17, 15) is 13.2 Å². The van der Waals surface area contributed by atoms with Crippen molar-refractivity contribution in [2.24, 2.45) is 0 Å². The topological polar surface area (TPSA) is 98.3 Å². The van der Waals surface area contributed by atoms with Crippen LogP contribution in [0.2, 0.25) is 5.15 Å². The molecule has 1 aromatic carbocycles. The maximum atomic E-state index is 12.5. The largest absolute Gasteiger partial charge is 0.376 e. The number of hydrogen-bond donors (Lipinski definition) is 1. The zero-order chi connectivity index (χ0) is 19.7. The van der Waals surface area contributed by atoms with Crippen LogP contribution >= 0.6 is 11.6 Å². The summed E-state index contributed by atoms with van der Waals surface area (Å²) in [4.78, 5) is 21.2. The first-order valence-electron chi connectivity index (χ1n) is 8.55. The van der Waals surface area contributed by atoms with E-state index in [1.54, 1.807) is 30.5 Å². The van der Waals surface area contributed by atoms with E-state index in [4.69, 9.17) is 16.3 Å². The van der Waals surface area contributed by atoms with E-state index in [1.165, 1.54) is 6.07 Å². The standard InChI is InChI=1S/C19H16ClN3O4S/c20-18-4-3-13-9-21-15(8-16(13)23-18)10-22-19(24)12-1-2-14-11-27-5-6-28(25,26)17(14)7-12/h1-4,7-9H,5-6,10-11H2,(H,22,24). The maximum Gasteiger partial charge on any atom is 0.251 e. The van der Waals surface area contributed by atoms with Crippen molar-refractivity contribution in [1.82, 2.24) is 15.3 Å². The Kier molecular flexibility index (Phi) is 5.01. The lowest BCUT2D eigenvalue weighted by Gasteiger charge is -2.09. The first kappa shape index (κ1) is 18.8. The van der Waals surface area contributed by atoms with Crippen LogP contribution in [0.25, 0.3) is 10.9 Å². The lowest BCUT2D eigenvalue weighted by molar-refractivity contribution is 0.0950. The SMILES string of the molecule is O=C(NCc1cc2nc(Cl)ccc2cn1)c1ccc2c(c1)S(=O)(=O)CCOC2. The molecule has 7 nitrogen and oxygen atoms in total. The van der Waals surface area contributed by atoms with Crippen LogP contribution in [0.4, 0.5) is 0 Å². The Labute approximate surface area is 166 Å². The molecule has 1 aliphatic heterocycles. The molecule has 1 N–H and O–H groups in total. The quantitative estimate of drug-likeness (QED) is 0.657. The summed E-state index contributed by atoms with van der Waals surface area (Å²) in [6.07, 6.45) is 1.66. The minimum absolute atomic E-state index is 0.0956. The average molecular weight is 418 g/mol. The molecule has 0 saturated carbocycles. The van der Waals surface area contributed by atoms with Gasteiger partial charge in [0.05, 0.1) is 41.6 Å². The van der Waals surface area contributed by atoms with E-state index in [0.29, 0.717) is 21.9 Å². The maximum absolute atomic E-state index is 12.5. The third-order valence-electron chi connectivity index (χ3n) is 4.44. The second kappa shape index (κ2) is 7.46. The Morgan fingerprint density at radius 2 is 2.07 bits per heavy atom. The lowest BCUT2D eigenvalue weighted by atomic mass is 10.1. The van der Waals surface area contributed by atoms with Crippen molar-refractivity contribution >= 4 is 38.2 Å². The summed E-state index contributed by atoms with van der Waals surface area (Å²) in [5, 5.41) is 3.98. The number of rotatable bonds is 3. The minimum Gasteiger partial charge on any atom is -0.376 e. The summed E-state index contributed by atoms with van der Waals surface area (Å²) in [5.41, 5.74) is 2.13. The highest BCUT2D eigenvalue weighted by Crippen LogP contribution is 2.23. The van der Waals surface area contributed by atoms with Crippen LogP contribution in [-0.4, -0.2) is 36.7 Å². The Morgan fingerprint density at radius 3 is 2.93 bits per heavy atom.